The van der Waals surface area contributed by atoms with Gasteiger partial charge in [0.05, 0.1) is 6.54 Å². The summed E-state index contributed by atoms with van der Waals surface area (Å²) in [5.74, 6) is -0.734. The quantitative estimate of drug-likeness (QED) is 0.655. The van der Waals surface area contributed by atoms with E-state index >= 15 is 0 Å². The molecule has 1 saturated heterocycles. The molecular weight excluding hydrogens is 435 g/mol. The normalized spacial score (nSPS) is 14.5. The first-order chi connectivity index (χ1) is 16.1. The van der Waals surface area contributed by atoms with Crippen molar-refractivity contribution >= 4 is 23.4 Å². The Labute approximate surface area is 200 Å². The number of carbonyl (C=O) groups is 3. The van der Waals surface area contributed by atoms with Crippen molar-refractivity contribution in [1.29, 1.82) is 0 Å². The van der Waals surface area contributed by atoms with Gasteiger partial charge in [-0.05, 0) is 47.4 Å². The average molecular weight is 469 g/mol. The SMILES string of the molecule is CC(C)(C)c1ccc(C(=O)NCCC(=O)N2CCN(CC(=O)Nc3ccc(F)cc3)CC2)cc1. The topological polar surface area (TPSA) is 81.8 Å². The van der Waals surface area contributed by atoms with Crippen molar-refractivity contribution in [3.8, 4) is 0 Å². The lowest BCUT2D eigenvalue weighted by Crippen LogP contribution is -2.50. The van der Waals surface area contributed by atoms with Crippen molar-refractivity contribution in [3.05, 3.63) is 65.5 Å². The van der Waals surface area contributed by atoms with E-state index in [0.717, 1.165) is 5.56 Å². The largest absolute Gasteiger partial charge is 0.352 e. The molecule has 0 aliphatic carbocycles. The molecule has 3 amide bonds. The minimum Gasteiger partial charge on any atom is -0.352 e. The number of piperazine rings is 1. The lowest BCUT2D eigenvalue weighted by atomic mass is 9.87. The van der Waals surface area contributed by atoms with Crippen LogP contribution < -0.4 is 10.6 Å². The number of anilines is 1. The Morgan fingerprint density at radius 2 is 1.53 bits per heavy atom. The Morgan fingerprint density at radius 3 is 2.12 bits per heavy atom. The Bertz CT molecular complexity index is 992. The van der Waals surface area contributed by atoms with E-state index in [1.807, 2.05) is 29.2 Å². The van der Waals surface area contributed by atoms with E-state index in [0.29, 0.717) is 37.4 Å². The highest BCUT2D eigenvalue weighted by molar-refractivity contribution is 5.94. The van der Waals surface area contributed by atoms with Gasteiger partial charge in [0.2, 0.25) is 11.8 Å². The number of hydrogen-bond acceptors (Lipinski definition) is 4. The maximum absolute atomic E-state index is 13.0. The van der Waals surface area contributed by atoms with Crippen molar-refractivity contribution in [1.82, 2.24) is 15.1 Å². The molecule has 1 aliphatic rings. The molecule has 182 valence electrons. The summed E-state index contributed by atoms with van der Waals surface area (Å²) in [6, 6.07) is 13.2. The van der Waals surface area contributed by atoms with Crippen molar-refractivity contribution in [2.75, 3.05) is 44.6 Å². The number of halogens is 1. The van der Waals surface area contributed by atoms with Gasteiger partial charge in [-0.1, -0.05) is 32.9 Å². The van der Waals surface area contributed by atoms with Crippen LogP contribution >= 0.6 is 0 Å². The molecule has 0 spiro atoms. The van der Waals surface area contributed by atoms with Crippen molar-refractivity contribution in [3.63, 3.8) is 0 Å². The van der Waals surface area contributed by atoms with Crippen LogP contribution in [-0.4, -0.2) is 66.8 Å². The monoisotopic (exact) mass is 468 g/mol. The van der Waals surface area contributed by atoms with Crippen LogP contribution in [0.4, 0.5) is 10.1 Å². The Kier molecular flexibility index (Phi) is 8.39. The number of nitrogens with zero attached hydrogens (tertiary/aromatic N) is 2. The van der Waals surface area contributed by atoms with Crippen LogP contribution in [0.1, 0.15) is 43.1 Å². The predicted molar refractivity (Wildman–Crippen MR) is 130 cm³/mol. The van der Waals surface area contributed by atoms with Gasteiger partial charge in [-0.15, -0.1) is 0 Å². The van der Waals surface area contributed by atoms with Gasteiger partial charge in [0.15, 0.2) is 0 Å². The third kappa shape index (κ3) is 7.38. The van der Waals surface area contributed by atoms with E-state index in [1.165, 1.54) is 24.3 Å². The number of amides is 3. The number of hydrogen-bond donors (Lipinski definition) is 2. The highest BCUT2D eigenvalue weighted by atomic mass is 19.1. The zero-order chi connectivity index (χ0) is 24.7. The summed E-state index contributed by atoms with van der Waals surface area (Å²) in [6.07, 6.45) is 0.233. The van der Waals surface area contributed by atoms with Gasteiger partial charge < -0.3 is 15.5 Å². The van der Waals surface area contributed by atoms with Gasteiger partial charge in [0.1, 0.15) is 5.82 Å². The van der Waals surface area contributed by atoms with Crippen molar-refractivity contribution in [2.24, 2.45) is 0 Å². The molecule has 2 aromatic carbocycles. The van der Waals surface area contributed by atoms with Crippen molar-refractivity contribution < 1.29 is 18.8 Å². The summed E-state index contributed by atoms with van der Waals surface area (Å²) < 4.78 is 13.0. The highest BCUT2D eigenvalue weighted by Gasteiger charge is 2.22. The molecule has 1 fully saturated rings. The molecule has 0 unspecified atom stereocenters. The fourth-order valence-corrected chi connectivity index (χ4v) is 3.76. The molecule has 34 heavy (non-hydrogen) atoms. The minimum atomic E-state index is -0.354. The molecule has 0 atom stereocenters. The van der Waals surface area contributed by atoms with Crippen LogP contribution in [0.5, 0.6) is 0 Å². The van der Waals surface area contributed by atoms with Crippen LogP contribution in [0.2, 0.25) is 0 Å². The van der Waals surface area contributed by atoms with Crippen LogP contribution in [0.25, 0.3) is 0 Å². The molecule has 0 bridgehead atoms. The number of nitrogens with one attached hydrogen (secondary N) is 2. The lowest BCUT2D eigenvalue weighted by Gasteiger charge is -2.34. The van der Waals surface area contributed by atoms with Gasteiger partial charge in [0, 0.05) is 50.4 Å². The summed E-state index contributed by atoms with van der Waals surface area (Å²) in [6.45, 7) is 9.10. The van der Waals surface area contributed by atoms with E-state index in [2.05, 4.69) is 31.4 Å². The van der Waals surface area contributed by atoms with Gasteiger partial charge in [-0.2, -0.15) is 0 Å². The van der Waals surface area contributed by atoms with E-state index in [4.69, 9.17) is 0 Å². The molecule has 7 nitrogen and oxygen atoms in total. The first-order valence-corrected chi connectivity index (χ1v) is 11.6. The summed E-state index contributed by atoms with van der Waals surface area (Å²) in [5.41, 5.74) is 2.31. The number of carbonyl (C=O) groups excluding carboxylic acids is 3. The summed E-state index contributed by atoms with van der Waals surface area (Å²) >= 11 is 0. The van der Waals surface area contributed by atoms with E-state index in [-0.39, 0.29) is 48.5 Å². The molecule has 2 aromatic rings. The fourth-order valence-electron chi connectivity index (χ4n) is 3.76. The molecule has 0 radical (unpaired) electrons. The Hall–Kier alpha value is -3.26. The third-order valence-corrected chi connectivity index (χ3v) is 5.86. The molecule has 1 heterocycles. The smallest absolute Gasteiger partial charge is 0.251 e. The van der Waals surface area contributed by atoms with Gasteiger partial charge in [0.25, 0.3) is 5.91 Å². The minimum absolute atomic E-state index is 0.0150. The zero-order valence-electron chi connectivity index (χ0n) is 20.1. The lowest BCUT2D eigenvalue weighted by molar-refractivity contribution is -0.132. The summed E-state index contributed by atoms with van der Waals surface area (Å²) in [7, 11) is 0. The van der Waals surface area contributed by atoms with Crippen LogP contribution in [0.3, 0.4) is 0 Å². The Morgan fingerprint density at radius 1 is 0.912 bits per heavy atom. The molecular formula is C26H33FN4O3. The second-order valence-corrected chi connectivity index (χ2v) is 9.55. The van der Waals surface area contributed by atoms with Gasteiger partial charge >= 0.3 is 0 Å². The third-order valence-electron chi connectivity index (χ3n) is 5.86. The predicted octanol–water partition coefficient (Wildman–Crippen LogP) is 3.03. The summed E-state index contributed by atoms with van der Waals surface area (Å²) in [5, 5.41) is 5.56. The molecule has 8 heteroatoms. The van der Waals surface area contributed by atoms with E-state index in [1.54, 1.807) is 4.90 Å². The van der Waals surface area contributed by atoms with E-state index < -0.39 is 0 Å². The van der Waals surface area contributed by atoms with Gasteiger partial charge in [-0.3, -0.25) is 19.3 Å². The average Bonchev–Trinajstić information content (AvgIpc) is 2.80. The second kappa shape index (κ2) is 11.2. The van der Waals surface area contributed by atoms with Crippen molar-refractivity contribution in [2.45, 2.75) is 32.6 Å². The molecule has 3 rings (SSSR count). The standard InChI is InChI=1S/C26H33FN4O3/c1-26(2,3)20-6-4-19(5-7-20)25(34)28-13-12-24(33)31-16-14-30(15-17-31)18-23(32)29-22-10-8-21(27)9-11-22/h4-11H,12-18H2,1-3H3,(H,28,34)(H,29,32). The number of benzene rings is 2. The number of rotatable bonds is 7. The first-order valence-electron chi connectivity index (χ1n) is 11.6. The second-order valence-electron chi connectivity index (χ2n) is 9.55. The van der Waals surface area contributed by atoms with Crippen LogP contribution in [0.15, 0.2) is 48.5 Å². The molecule has 0 saturated carbocycles. The molecule has 2 N–H and O–H groups in total. The maximum Gasteiger partial charge on any atom is 0.251 e. The molecule has 1 aliphatic heterocycles. The van der Waals surface area contributed by atoms with Crippen LogP contribution in [-0.2, 0) is 15.0 Å². The highest BCUT2D eigenvalue weighted by Crippen LogP contribution is 2.22. The molecule has 0 aromatic heterocycles. The van der Waals surface area contributed by atoms with Crippen LogP contribution in [0, 0.1) is 5.82 Å². The zero-order valence-corrected chi connectivity index (χ0v) is 20.1. The maximum atomic E-state index is 13.0. The Balaban J connectivity index is 1.35. The fraction of sp³-hybridized carbons (Fsp3) is 0.423. The van der Waals surface area contributed by atoms with Gasteiger partial charge in [-0.25, -0.2) is 4.39 Å². The first kappa shape index (κ1) is 25.4. The van der Waals surface area contributed by atoms with E-state index in [9.17, 15) is 18.8 Å². The summed E-state index contributed by atoms with van der Waals surface area (Å²) in [4.78, 5) is 40.8.